The van der Waals surface area contributed by atoms with Gasteiger partial charge in [0.2, 0.25) is 11.8 Å². The summed E-state index contributed by atoms with van der Waals surface area (Å²) in [7, 11) is 0. The van der Waals surface area contributed by atoms with Gasteiger partial charge in [-0.2, -0.15) is 0 Å². The zero-order chi connectivity index (χ0) is 27.7. The lowest BCUT2D eigenvalue weighted by Gasteiger charge is -2.44. The molecule has 2 saturated heterocycles. The van der Waals surface area contributed by atoms with E-state index in [-0.39, 0.29) is 27.1 Å². The van der Waals surface area contributed by atoms with Crippen LogP contribution in [0.4, 0.5) is 8.78 Å². The molecule has 0 radical (unpaired) electrons. The number of hydrogen-bond acceptors (Lipinski definition) is 4. The Morgan fingerprint density at radius 1 is 1.16 bits per heavy atom. The third-order valence-corrected chi connectivity index (χ3v) is 8.83. The quantitative estimate of drug-likeness (QED) is 0.425. The number of allylic oxidation sites excluding steroid dienone is 3. The van der Waals surface area contributed by atoms with Crippen LogP contribution in [0.5, 0.6) is 0 Å². The molecule has 6 nitrogen and oxygen atoms in total. The van der Waals surface area contributed by atoms with Crippen molar-refractivity contribution in [1.82, 2.24) is 16.0 Å². The van der Waals surface area contributed by atoms with E-state index in [1.807, 2.05) is 20.8 Å². The van der Waals surface area contributed by atoms with Crippen molar-refractivity contribution in [1.29, 1.82) is 0 Å². The lowest BCUT2D eigenvalue weighted by atomic mass is 9.64. The summed E-state index contributed by atoms with van der Waals surface area (Å²) >= 11 is 12.4. The molecule has 1 saturated carbocycles. The van der Waals surface area contributed by atoms with E-state index in [1.54, 1.807) is 13.0 Å². The second-order valence-corrected chi connectivity index (χ2v) is 13.5. The lowest BCUT2D eigenvalue weighted by molar-refractivity contribution is -0.131. The van der Waals surface area contributed by atoms with Gasteiger partial charge in [0.05, 0.1) is 27.6 Å². The van der Waals surface area contributed by atoms with Gasteiger partial charge in [0.1, 0.15) is 11.6 Å². The van der Waals surface area contributed by atoms with E-state index in [1.165, 1.54) is 18.2 Å². The average molecular weight is 568 g/mol. The van der Waals surface area contributed by atoms with Crippen LogP contribution in [0.1, 0.15) is 58.4 Å². The second-order valence-electron chi connectivity index (χ2n) is 12.7. The van der Waals surface area contributed by atoms with Gasteiger partial charge in [0.25, 0.3) is 0 Å². The molecule has 2 aliphatic heterocycles. The Kier molecular flexibility index (Phi) is 6.95. The summed E-state index contributed by atoms with van der Waals surface area (Å²) in [6.07, 6.45) is 2.74. The molecule has 2 aliphatic carbocycles. The van der Waals surface area contributed by atoms with Crippen LogP contribution < -0.4 is 16.0 Å². The van der Waals surface area contributed by atoms with Crippen molar-refractivity contribution >= 4 is 35.0 Å². The lowest BCUT2D eigenvalue weighted by Crippen LogP contribution is -2.59. The van der Waals surface area contributed by atoms with Gasteiger partial charge >= 0.3 is 0 Å². The number of halogens is 4. The molecule has 2 heterocycles. The zero-order valence-corrected chi connectivity index (χ0v) is 23.3. The minimum absolute atomic E-state index is 0.0583. The molecule has 6 atom stereocenters. The SMILES string of the molecule is CC(C)(C)C[C@H]1N[C@@H](C(=O)NC2CC(C)(O)C2)[C@H](c2cccc(Cl)c2F)[C@@H]2C(=O)NC3=CC(Cl)=C(F)C2C31. The van der Waals surface area contributed by atoms with E-state index >= 15 is 8.78 Å². The summed E-state index contributed by atoms with van der Waals surface area (Å²) in [5.41, 5.74) is -0.538. The van der Waals surface area contributed by atoms with E-state index in [0.717, 1.165) is 0 Å². The fourth-order valence-corrected chi connectivity index (χ4v) is 7.26. The number of rotatable bonds is 4. The third-order valence-electron chi connectivity index (χ3n) is 8.25. The highest BCUT2D eigenvalue weighted by atomic mass is 35.5. The van der Waals surface area contributed by atoms with Gasteiger partial charge in [0, 0.05) is 35.5 Å². The van der Waals surface area contributed by atoms with E-state index < -0.39 is 64.8 Å². The first-order chi connectivity index (χ1) is 17.7. The number of piperidine rings is 1. The zero-order valence-electron chi connectivity index (χ0n) is 21.7. The first-order valence-electron chi connectivity index (χ1n) is 13.0. The number of amides is 2. The van der Waals surface area contributed by atoms with Gasteiger partial charge in [-0.1, -0.05) is 56.1 Å². The Labute approximate surface area is 231 Å². The number of carbonyl (C=O) groups is 2. The second kappa shape index (κ2) is 9.58. The smallest absolute Gasteiger partial charge is 0.238 e. The van der Waals surface area contributed by atoms with Crippen molar-refractivity contribution in [3.63, 3.8) is 0 Å². The number of hydrogen-bond donors (Lipinski definition) is 4. The predicted octanol–water partition coefficient (Wildman–Crippen LogP) is 4.66. The molecule has 4 aliphatic rings. The highest BCUT2D eigenvalue weighted by molar-refractivity contribution is 6.31. The number of carbonyl (C=O) groups excluding carboxylic acids is 2. The normalized spacial score (nSPS) is 36.6. The molecule has 2 unspecified atom stereocenters. The van der Waals surface area contributed by atoms with E-state index in [0.29, 0.717) is 25.0 Å². The minimum Gasteiger partial charge on any atom is -0.390 e. The summed E-state index contributed by atoms with van der Waals surface area (Å²) in [6, 6.07) is 2.66. The summed E-state index contributed by atoms with van der Waals surface area (Å²) in [4.78, 5) is 27.5. The monoisotopic (exact) mass is 567 g/mol. The van der Waals surface area contributed by atoms with Gasteiger partial charge in [-0.3, -0.25) is 9.59 Å². The van der Waals surface area contributed by atoms with E-state index in [4.69, 9.17) is 23.2 Å². The summed E-state index contributed by atoms with van der Waals surface area (Å²) in [6.45, 7) is 7.83. The van der Waals surface area contributed by atoms with Crippen molar-refractivity contribution in [3.05, 3.63) is 57.2 Å². The highest BCUT2D eigenvalue weighted by Crippen LogP contribution is 2.53. The van der Waals surface area contributed by atoms with Crippen molar-refractivity contribution < 1.29 is 23.5 Å². The molecule has 10 heteroatoms. The fraction of sp³-hybridized carbons (Fsp3) is 0.571. The van der Waals surface area contributed by atoms with Crippen LogP contribution in [0.3, 0.4) is 0 Å². The fourth-order valence-electron chi connectivity index (χ4n) is 6.83. The Morgan fingerprint density at radius 2 is 1.84 bits per heavy atom. The van der Waals surface area contributed by atoms with Crippen LogP contribution >= 0.6 is 23.2 Å². The Morgan fingerprint density at radius 3 is 2.47 bits per heavy atom. The molecule has 4 N–H and O–H groups in total. The Hall–Kier alpha value is -2.00. The molecular weight excluding hydrogens is 535 g/mol. The number of nitrogens with one attached hydrogen (secondary N) is 3. The van der Waals surface area contributed by atoms with Gasteiger partial charge in [0.15, 0.2) is 0 Å². The number of benzene rings is 1. The molecule has 4 bridgehead atoms. The Balaban J connectivity index is 1.67. The van der Waals surface area contributed by atoms with Crippen LogP contribution in [0.25, 0.3) is 0 Å². The van der Waals surface area contributed by atoms with Crippen molar-refractivity contribution in [2.45, 2.75) is 76.6 Å². The van der Waals surface area contributed by atoms with Gasteiger partial charge in [-0.05, 0) is 49.3 Å². The van der Waals surface area contributed by atoms with E-state index in [2.05, 4.69) is 16.0 Å². The van der Waals surface area contributed by atoms with Crippen LogP contribution in [0.2, 0.25) is 5.02 Å². The molecule has 1 aromatic rings. The molecule has 38 heavy (non-hydrogen) atoms. The van der Waals surface area contributed by atoms with Crippen LogP contribution in [0.15, 0.2) is 40.8 Å². The van der Waals surface area contributed by atoms with Gasteiger partial charge in [-0.15, -0.1) is 0 Å². The third kappa shape index (κ3) is 4.89. The summed E-state index contributed by atoms with van der Waals surface area (Å²) in [5, 5.41) is 19.2. The van der Waals surface area contributed by atoms with Crippen molar-refractivity contribution in [3.8, 4) is 0 Å². The largest absolute Gasteiger partial charge is 0.390 e. The number of aliphatic hydroxyl groups is 1. The molecule has 206 valence electrons. The molecule has 0 spiro atoms. The standard InChI is InChI=1S/C28H33Cl2F2N3O3/c1-27(2,3)11-17-19-16-8-15(30)23(32)20(19)21(25(36)35-16)18(13-6-5-7-14(29)22(13)31)24(34-17)26(37)33-12-9-28(4,38)10-12/h5-8,12,17-21,24,34,38H,9-11H2,1-4H3,(H,33,37)(H,35,36)/t12?,17-,18-,19?,20?,21+,24-,28?/m1/s1. The average Bonchev–Trinajstić information content (AvgIpc) is 2.89. The van der Waals surface area contributed by atoms with Crippen LogP contribution in [-0.2, 0) is 9.59 Å². The molecular formula is C28H33Cl2F2N3O3. The maximum atomic E-state index is 15.9. The summed E-state index contributed by atoms with van der Waals surface area (Å²) < 4.78 is 31.5. The first-order valence-corrected chi connectivity index (χ1v) is 13.7. The molecule has 2 amide bonds. The first kappa shape index (κ1) is 27.6. The molecule has 1 aromatic carbocycles. The minimum atomic E-state index is -1.13. The molecule has 3 fully saturated rings. The summed E-state index contributed by atoms with van der Waals surface area (Å²) in [5.74, 6) is -6.04. The Bertz CT molecular complexity index is 1230. The topological polar surface area (TPSA) is 90.5 Å². The van der Waals surface area contributed by atoms with Crippen molar-refractivity contribution in [2.75, 3.05) is 0 Å². The van der Waals surface area contributed by atoms with Gasteiger partial charge < -0.3 is 21.1 Å². The van der Waals surface area contributed by atoms with Crippen LogP contribution in [0, 0.1) is 29.0 Å². The molecule has 5 rings (SSSR count). The molecule has 0 aromatic heterocycles. The maximum absolute atomic E-state index is 15.9. The predicted molar refractivity (Wildman–Crippen MR) is 141 cm³/mol. The van der Waals surface area contributed by atoms with Crippen LogP contribution in [-0.4, -0.2) is 40.6 Å². The van der Waals surface area contributed by atoms with Crippen molar-refractivity contribution in [2.24, 2.45) is 23.2 Å². The maximum Gasteiger partial charge on any atom is 0.238 e. The highest BCUT2D eigenvalue weighted by Gasteiger charge is 2.58. The van der Waals surface area contributed by atoms with E-state index in [9.17, 15) is 14.7 Å². The van der Waals surface area contributed by atoms with Gasteiger partial charge in [-0.25, -0.2) is 8.78 Å².